The molecule has 0 aliphatic carbocycles. The number of carbonyl (C=O) groups is 2. The van der Waals surface area contributed by atoms with Crippen LogP contribution in [-0.4, -0.2) is 62.7 Å². The molecule has 0 unspecified atom stereocenters. The number of ether oxygens (including phenoxy) is 1. The average Bonchev–Trinajstić information content (AvgIpc) is 3.27. The molecule has 3 heterocycles. The molecule has 41 heavy (non-hydrogen) atoms. The van der Waals surface area contributed by atoms with Crippen LogP contribution in [0.25, 0.3) is 11.3 Å². The number of rotatable bonds is 8. The molecular weight excluding hydrogens is 542 g/mol. The maximum absolute atomic E-state index is 13.5. The molecule has 2 aromatic carbocycles. The van der Waals surface area contributed by atoms with Crippen molar-refractivity contribution in [2.75, 3.05) is 18.5 Å². The standard InChI is InChI=1S/C31H36ClN5O4/c1-18-6-5-7-21(14-18)27(31(3,4)40)36-28(38)19(2)37-17-22-9-8-20(15-24(22)29(37)39)26-25(32)16-33-30(35-26)34-23-10-12-41-13-11-23/h5-9,14-16,19,23,27,40H,10-13,17H2,1-4H3,(H,36,38)(H,33,34,35)/t19-,27+/m1/s1. The molecule has 2 aliphatic rings. The first-order valence-electron chi connectivity index (χ1n) is 13.9. The van der Waals surface area contributed by atoms with E-state index >= 15 is 0 Å². The normalized spacial score (nSPS) is 17.2. The fourth-order valence-corrected chi connectivity index (χ4v) is 5.57. The molecule has 2 atom stereocenters. The number of hydrogen-bond acceptors (Lipinski definition) is 7. The summed E-state index contributed by atoms with van der Waals surface area (Å²) < 4.78 is 5.43. The van der Waals surface area contributed by atoms with E-state index in [0.29, 0.717) is 47.6 Å². The molecular formula is C31H36ClN5O4. The minimum absolute atomic E-state index is 0.225. The van der Waals surface area contributed by atoms with E-state index in [1.165, 1.54) is 0 Å². The van der Waals surface area contributed by atoms with Gasteiger partial charge in [0.1, 0.15) is 6.04 Å². The Bertz CT molecular complexity index is 1450. The summed E-state index contributed by atoms with van der Waals surface area (Å²) in [5, 5.41) is 17.6. The highest BCUT2D eigenvalue weighted by atomic mass is 35.5. The minimum atomic E-state index is -1.22. The monoisotopic (exact) mass is 577 g/mol. The van der Waals surface area contributed by atoms with Gasteiger partial charge in [-0.3, -0.25) is 9.59 Å². The lowest BCUT2D eigenvalue weighted by molar-refractivity contribution is -0.128. The summed E-state index contributed by atoms with van der Waals surface area (Å²) in [6.07, 6.45) is 3.31. The second kappa shape index (κ2) is 11.8. The number of amides is 2. The van der Waals surface area contributed by atoms with Gasteiger partial charge in [0.2, 0.25) is 11.9 Å². The molecule has 216 valence electrons. The van der Waals surface area contributed by atoms with Crippen LogP contribution in [0.4, 0.5) is 5.95 Å². The second-order valence-electron chi connectivity index (χ2n) is 11.4. The van der Waals surface area contributed by atoms with Gasteiger partial charge in [0.25, 0.3) is 5.91 Å². The van der Waals surface area contributed by atoms with E-state index in [-0.39, 0.29) is 17.9 Å². The molecule has 1 aromatic heterocycles. The maximum Gasteiger partial charge on any atom is 0.255 e. The Balaban J connectivity index is 1.33. The number of hydrogen-bond donors (Lipinski definition) is 3. The van der Waals surface area contributed by atoms with E-state index in [1.807, 2.05) is 43.3 Å². The van der Waals surface area contributed by atoms with Gasteiger partial charge >= 0.3 is 0 Å². The Labute approximate surface area is 245 Å². The quantitative estimate of drug-likeness (QED) is 0.356. The zero-order valence-electron chi connectivity index (χ0n) is 23.8. The number of halogens is 1. The molecule has 0 radical (unpaired) electrons. The lowest BCUT2D eigenvalue weighted by Gasteiger charge is -2.33. The van der Waals surface area contributed by atoms with Crippen molar-refractivity contribution in [3.05, 3.63) is 75.9 Å². The van der Waals surface area contributed by atoms with Gasteiger partial charge in [0.15, 0.2) is 0 Å². The average molecular weight is 578 g/mol. The largest absolute Gasteiger partial charge is 0.388 e. The predicted molar refractivity (Wildman–Crippen MR) is 158 cm³/mol. The molecule has 10 heteroatoms. The molecule has 0 spiro atoms. The van der Waals surface area contributed by atoms with Crippen LogP contribution >= 0.6 is 11.6 Å². The van der Waals surface area contributed by atoms with Crippen LogP contribution in [0, 0.1) is 6.92 Å². The summed E-state index contributed by atoms with van der Waals surface area (Å²) in [6, 6.07) is 12.0. The summed E-state index contributed by atoms with van der Waals surface area (Å²) in [5.41, 5.74) is 3.16. The topological polar surface area (TPSA) is 117 Å². The number of fused-ring (bicyclic) bond motifs is 1. The van der Waals surface area contributed by atoms with Gasteiger partial charge in [-0.1, -0.05) is 53.6 Å². The van der Waals surface area contributed by atoms with Gasteiger partial charge < -0.3 is 25.4 Å². The Morgan fingerprint density at radius 2 is 1.95 bits per heavy atom. The molecule has 3 N–H and O–H groups in total. The molecule has 2 amide bonds. The zero-order valence-corrected chi connectivity index (χ0v) is 24.5. The van der Waals surface area contributed by atoms with E-state index in [1.54, 1.807) is 37.9 Å². The van der Waals surface area contributed by atoms with Crippen LogP contribution in [0.2, 0.25) is 5.02 Å². The van der Waals surface area contributed by atoms with Gasteiger partial charge in [-0.15, -0.1) is 0 Å². The van der Waals surface area contributed by atoms with Crippen molar-refractivity contribution in [1.29, 1.82) is 0 Å². The Hall–Kier alpha value is -3.53. The Kier molecular flexibility index (Phi) is 8.31. The number of aromatic nitrogens is 2. The first-order valence-corrected chi connectivity index (χ1v) is 14.3. The molecule has 9 nitrogen and oxygen atoms in total. The number of aliphatic hydroxyl groups is 1. The molecule has 1 fully saturated rings. The van der Waals surface area contributed by atoms with Crippen molar-refractivity contribution in [1.82, 2.24) is 20.2 Å². The third-order valence-corrected chi connectivity index (χ3v) is 8.01. The van der Waals surface area contributed by atoms with E-state index in [9.17, 15) is 14.7 Å². The van der Waals surface area contributed by atoms with E-state index in [4.69, 9.17) is 16.3 Å². The van der Waals surface area contributed by atoms with Crippen LogP contribution in [0.5, 0.6) is 0 Å². The first-order chi connectivity index (χ1) is 19.5. The second-order valence-corrected chi connectivity index (χ2v) is 11.8. The molecule has 0 saturated carbocycles. The smallest absolute Gasteiger partial charge is 0.255 e. The minimum Gasteiger partial charge on any atom is -0.388 e. The van der Waals surface area contributed by atoms with Crippen molar-refractivity contribution in [2.24, 2.45) is 0 Å². The van der Waals surface area contributed by atoms with E-state index < -0.39 is 17.7 Å². The highest BCUT2D eigenvalue weighted by Gasteiger charge is 2.37. The predicted octanol–water partition coefficient (Wildman–Crippen LogP) is 4.67. The summed E-state index contributed by atoms with van der Waals surface area (Å²) >= 11 is 6.49. The fourth-order valence-electron chi connectivity index (χ4n) is 5.37. The van der Waals surface area contributed by atoms with Crippen LogP contribution in [0.3, 0.4) is 0 Å². The summed E-state index contributed by atoms with van der Waals surface area (Å²) in [4.78, 5) is 37.5. The van der Waals surface area contributed by atoms with Crippen LogP contribution < -0.4 is 10.6 Å². The number of carbonyl (C=O) groups excluding carboxylic acids is 2. The third-order valence-electron chi connectivity index (χ3n) is 7.73. The van der Waals surface area contributed by atoms with Gasteiger partial charge in [-0.25, -0.2) is 9.97 Å². The van der Waals surface area contributed by atoms with Crippen molar-refractivity contribution in [2.45, 2.75) is 70.8 Å². The van der Waals surface area contributed by atoms with Gasteiger partial charge in [0, 0.05) is 36.9 Å². The van der Waals surface area contributed by atoms with E-state index in [0.717, 1.165) is 29.5 Å². The SMILES string of the molecule is Cc1cccc([C@H](NC(=O)[C@@H](C)N2Cc3ccc(-c4nc(NC5CCOCC5)ncc4Cl)cc3C2=O)C(C)(C)O)c1. The number of nitrogens with zero attached hydrogens (tertiary/aromatic N) is 3. The molecule has 1 saturated heterocycles. The van der Waals surface area contributed by atoms with Gasteiger partial charge in [-0.05, 0) is 57.7 Å². The summed E-state index contributed by atoms with van der Waals surface area (Å²) in [5.74, 6) is -0.113. The van der Waals surface area contributed by atoms with Crippen molar-refractivity contribution >= 4 is 29.4 Å². The Morgan fingerprint density at radius 1 is 1.20 bits per heavy atom. The number of anilines is 1. The van der Waals surface area contributed by atoms with Gasteiger partial charge in [0.05, 0.1) is 28.6 Å². The molecule has 3 aromatic rings. The highest BCUT2D eigenvalue weighted by molar-refractivity contribution is 6.33. The number of aryl methyl sites for hydroxylation is 1. The lowest BCUT2D eigenvalue weighted by atomic mass is 9.90. The molecule has 2 aliphatic heterocycles. The third kappa shape index (κ3) is 6.37. The van der Waals surface area contributed by atoms with Crippen molar-refractivity contribution < 1.29 is 19.4 Å². The summed E-state index contributed by atoms with van der Waals surface area (Å²) in [6.45, 7) is 8.67. The highest BCUT2D eigenvalue weighted by Crippen LogP contribution is 2.33. The first kappa shape index (κ1) is 29.0. The zero-order chi connectivity index (χ0) is 29.3. The van der Waals surface area contributed by atoms with E-state index in [2.05, 4.69) is 20.6 Å². The maximum atomic E-state index is 13.5. The van der Waals surface area contributed by atoms with Crippen molar-refractivity contribution in [3.8, 4) is 11.3 Å². The van der Waals surface area contributed by atoms with Crippen LogP contribution in [-0.2, 0) is 16.1 Å². The molecule has 0 bridgehead atoms. The van der Waals surface area contributed by atoms with Crippen LogP contribution in [0.15, 0.2) is 48.7 Å². The molecule has 5 rings (SSSR count). The number of nitrogens with one attached hydrogen (secondary N) is 2. The van der Waals surface area contributed by atoms with Gasteiger partial charge in [-0.2, -0.15) is 0 Å². The summed E-state index contributed by atoms with van der Waals surface area (Å²) in [7, 11) is 0. The number of benzene rings is 2. The van der Waals surface area contributed by atoms with Crippen molar-refractivity contribution in [3.63, 3.8) is 0 Å². The Morgan fingerprint density at radius 3 is 2.66 bits per heavy atom. The van der Waals surface area contributed by atoms with Crippen LogP contribution in [0.1, 0.15) is 66.7 Å². The fraction of sp³-hybridized carbons (Fsp3) is 0.419. The lowest BCUT2D eigenvalue weighted by Crippen LogP contribution is -2.50.